The number of hydrogen-bond acceptors (Lipinski definition) is 6. The summed E-state index contributed by atoms with van der Waals surface area (Å²) in [6, 6.07) is 0. The van der Waals surface area contributed by atoms with Crippen LogP contribution in [0.5, 0.6) is 0 Å². The summed E-state index contributed by atoms with van der Waals surface area (Å²) in [4.78, 5) is 37.5. The lowest BCUT2D eigenvalue weighted by Gasteiger charge is -2.18. The fourth-order valence-electron chi connectivity index (χ4n) is 5.97. The number of rotatable bonds is 38. The zero-order valence-corrected chi connectivity index (χ0v) is 33.6. The van der Waals surface area contributed by atoms with Crippen molar-refractivity contribution >= 4 is 17.9 Å². The fourth-order valence-corrected chi connectivity index (χ4v) is 5.97. The smallest absolute Gasteiger partial charge is 0.309 e. The Hall–Kier alpha value is -2.37. The molecule has 0 aromatic carbocycles. The molecule has 1 unspecified atom stereocenters. The molecule has 0 aromatic heterocycles. The number of allylic oxidation sites excluding steroid dienone is 5. The van der Waals surface area contributed by atoms with Crippen molar-refractivity contribution in [2.75, 3.05) is 13.2 Å². The largest absolute Gasteiger partial charge is 0.462 e. The Morgan fingerprint density at radius 3 is 1.20 bits per heavy atom. The van der Waals surface area contributed by atoms with Gasteiger partial charge in [0.05, 0.1) is 6.42 Å². The van der Waals surface area contributed by atoms with E-state index in [0.29, 0.717) is 12.8 Å². The van der Waals surface area contributed by atoms with E-state index in [4.69, 9.17) is 14.2 Å². The molecular formula is C45H80O6. The molecule has 6 heteroatoms. The Bertz CT molecular complexity index is 876. The normalized spacial score (nSPS) is 12.3. The van der Waals surface area contributed by atoms with Crippen LogP contribution in [0.3, 0.4) is 0 Å². The van der Waals surface area contributed by atoms with Crippen molar-refractivity contribution in [3.8, 4) is 0 Å². The number of carbonyl (C=O) groups excluding carboxylic acids is 3. The van der Waals surface area contributed by atoms with E-state index in [9.17, 15) is 14.4 Å². The molecule has 0 aliphatic carbocycles. The second-order valence-corrected chi connectivity index (χ2v) is 14.3. The van der Waals surface area contributed by atoms with E-state index in [0.717, 1.165) is 57.8 Å². The van der Waals surface area contributed by atoms with Crippen molar-refractivity contribution in [2.45, 2.75) is 219 Å². The van der Waals surface area contributed by atoms with Gasteiger partial charge in [0, 0.05) is 12.8 Å². The SMILES string of the molecule is CC/C=C\C/C=C\C/C=C\CC(=O)OCC(COC(=O)CCCCCCCCCCCCCC)OC(=O)CCCCCCCCCCCCCC. The van der Waals surface area contributed by atoms with Gasteiger partial charge in [0.25, 0.3) is 0 Å². The van der Waals surface area contributed by atoms with Crippen LogP contribution in [0.15, 0.2) is 36.5 Å². The highest BCUT2D eigenvalue weighted by Gasteiger charge is 2.19. The van der Waals surface area contributed by atoms with Gasteiger partial charge < -0.3 is 14.2 Å². The average molecular weight is 717 g/mol. The van der Waals surface area contributed by atoms with E-state index in [1.54, 1.807) is 6.08 Å². The van der Waals surface area contributed by atoms with E-state index in [2.05, 4.69) is 45.1 Å². The zero-order chi connectivity index (χ0) is 37.3. The summed E-state index contributed by atoms with van der Waals surface area (Å²) in [5.74, 6) is -1.02. The van der Waals surface area contributed by atoms with Gasteiger partial charge in [0.1, 0.15) is 13.2 Å². The van der Waals surface area contributed by atoms with Crippen LogP contribution in [-0.2, 0) is 28.6 Å². The Balaban J connectivity index is 4.42. The van der Waals surface area contributed by atoms with Crippen LogP contribution in [0.1, 0.15) is 213 Å². The van der Waals surface area contributed by atoms with E-state index in [-0.39, 0.29) is 31.6 Å². The van der Waals surface area contributed by atoms with Gasteiger partial charge in [-0.3, -0.25) is 14.4 Å². The summed E-state index contributed by atoms with van der Waals surface area (Å²) in [5.41, 5.74) is 0. The van der Waals surface area contributed by atoms with Crippen molar-refractivity contribution in [3.05, 3.63) is 36.5 Å². The quantitative estimate of drug-likeness (QED) is 0.0274. The minimum absolute atomic E-state index is 0.0956. The minimum atomic E-state index is -0.798. The van der Waals surface area contributed by atoms with Gasteiger partial charge in [-0.05, 0) is 32.1 Å². The highest BCUT2D eigenvalue weighted by molar-refractivity contribution is 5.72. The van der Waals surface area contributed by atoms with Crippen LogP contribution >= 0.6 is 0 Å². The van der Waals surface area contributed by atoms with Crippen LogP contribution in [0, 0.1) is 0 Å². The summed E-state index contributed by atoms with van der Waals surface area (Å²) >= 11 is 0. The molecule has 1 atom stereocenters. The third kappa shape index (κ3) is 38.7. The molecule has 0 N–H and O–H groups in total. The molecular weight excluding hydrogens is 636 g/mol. The molecule has 0 aliphatic heterocycles. The van der Waals surface area contributed by atoms with Gasteiger partial charge in [0.15, 0.2) is 6.10 Å². The maximum absolute atomic E-state index is 12.7. The number of carbonyl (C=O) groups is 3. The van der Waals surface area contributed by atoms with Gasteiger partial charge >= 0.3 is 17.9 Å². The molecule has 0 bridgehead atoms. The molecule has 0 saturated carbocycles. The van der Waals surface area contributed by atoms with Gasteiger partial charge in [-0.15, -0.1) is 0 Å². The van der Waals surface area contributed by atoms with Gasteiger partial charge in [-0.25, -0.2) is 0 Å². The maximum atomic E-state index is 12.7. The number of esters is 3. The lowest BCUT2D eigenvalue weighted by atomic mass is 10.0. The summed E-state index contributed by atoms with van der Waals surface area (Å²) in [6.07, 6.45) is 44.4. The summed E-state index contributed by atoms with van der Waals surface area (Å²) in [6.45, 7) is 6.41. The van der Waals surface area contributed by atoms with E-state index in [1.807, 2.05) is 6.08 Å². The van der Waals surface area contributed by atoms with Crippen molar-refractivity contribution in [2.24, 2.45) is 0 Å². The van der Waals surface area contributed by atoms with Crippen LogP contribution in [0.4, 0.5) is 0 Å². The summed E-state index contributed by atoms with van der Waals surface area (Å²) in [5, 5.41) is 0. The van der Waals surface area contributed by atoms with Crippen LogP contribution in [0.25, 0.3) is 0 Å². The van der Waals surface area contributed by atoms with Crippen molar-refractivity contribution < 1.29 is 28.6 Å². The van der Waals surface area contributed by atoms with Crippen molar-refractivity contribution in [1.82, 2.24) is 0 Å². The monoisotopic (exact) mass is 717 g/mol. The Morgan fingerprint density at radius 2 is 0.765 bits per heavy atom. The highest BCUT2D eigenvalue weighted by atomic mass is 16.6. The van der Waals surface area contributed by atoms with Gasteiger partial charge in [0.2, 0.25) is 0 Å². The zero-order valence-electron chi connectivity index (χ0n) is 33.6. The second-order valence-electron chi connectivity index (χ2n) is 14.3. The molecule has 0 spiro atoms. The first-order chi connectivity index (χ1) is 25.0. The van der Waals surface area contributed by atoms with Crippen LogP contribution in [-0.4, -0.2) is 37.2 Å². The molecule has 6 nitrogen and oxygen atoms in total. The minimum Gasteiger partial charge on any atom is -0.462 e. The molecule has 0 radical (unpaired) electrons. The van der Waals surface area contributed by atoms with E-state index in [1.165, 1.54) is 116 Å². The van der Waals surface area contributed by atoms with Crippen LogP contribution in [0.2, 0.25) is 0 Å². The molecule has 0 amide bonds. The summed E-state index contributed by atoms with van der Waals surface area (Å²) < 4.78 is 16.5. The molecule has 0 fully saturated rings. The first-order valence-corrected chi connectivity index (χ1v) is 21.5. The molecule has 51 heavy (non-hydrogen) atoms. The predicted molar refractivity (Wildman–Crippen MR) is 215 cm³/mol. The van der Waals surface area contributed by atoms with Gasteiger partial charge in [-0.1, -0.05) is 198 Å². The number of unbranched alkanes of at least 4 members (excludes halogenated alkanes) is 22. The molecule has 296 valence electrons. The molecule has 0 heterocycles. The highest BCUT2D eigenvalue weighted by Crippen LogP contribution is 2.15. The lowest BCUT2D eigenvalue weighted by Crippen LogP contribution is -2.30. The number of ether oxygens (including phenoxy) is 3. The molecule has 0 aliphatic rings. The Morgan fingerprint density at radius 1 is 0.412 bits per heavy atom. The third-order valence-corrected chi connectivity index (χ3v) is 9.19. The van der Waals surface area contributed by atoms with Crippen LogP contribution < -0.4 is 0 Å². The van der Waals surface area contributed by atoms with E-state index < -0.39 is 12.1 Å². The molecule has 0 rings (SSSR count). The van der Waals surface area contributed by atoms with Crippen molar-refractivity contribution in [1.29, 1.82) is 0 Å². The fraction of sp³-hybridized carbons (Fsp3) is 0.800. The topological polar surface area (TPSA) is 78.9 Å². The molecule has 0 aromatic rings. The Labute approximate surface area is 315 Å². The van der Waals surface area contributed by atoms with Gasteiger partial charge in [-0.2, -0.15) is 0 Å². The standard InChI is InChI=1S/C45H80O6/c1-4-7-10-13-16-19-21-23-26-29-32-35-38-44(47)50-41-42(40-49-43(46)37-34-31-28-25-18-15-12-9-6-3)51-45(48)39-36-33-30-27-24-22-20-17-14-11-8-5-2/h9,12,18,25,31,34,42H,4-8,10-11,13-17,19-24,26-30,32-33,35-41H2,1-3H3/b12-9-,25-18-,34-31-. The van der Waals surface area contributed by atoms with Crippen molar-refractivity contribution in [3.63, 3.8) is 0 Å². The molecule has 0 saturated heterocycles. The average Bonchev–Trinajstić information content (AvgIpc) is 3.12. The number of hydrogen-bond donors (Lipinski definition) is 0. The second kappa shape index (κ2) is 40.4. The first-order valence-electron chi connectivity index (χ1n) is 21.5. The maximum Gasteiger partial charge on any atom is 0.309 e. The van der Waals surface area contributed by atoms with E-state index >= 15 is 0 Å². The Kier molecular flexibility index (Phi) is 38.5. The summed E-state index contributed by atoms with van der Waals surface area (Å²) in [7, 11) is 0. The third-order valence-electron chi connectivity index (χ3n) is 9.19. The predicted octanol–water partition coefficient (Wildman–Crippen LogP) is 13.4. The first kappa shape index (κ1) is 48.6. The lowest BCUT2D eigenvalue weighted by molar-refractivity contribution is -0.166.